The van der Waals surface area contributed by atoms with Gasteiger partial charge in [0.2, 0.25) is 5.91 Å². The second kappa shape index (κ2) is 22.6. The molecule has 2 atom stereocenters. The maximum Gasteiger partial charge on any atom is 0.251 e. The van der Waals surface area contributed by atoms with E-state index in [4.69, 9.17) is 10.5 Å². The first-order valence-electron chi connectivity index (χ1n) is 26.0. The van der Waals surface area contributed by atoms with Crippen LogP contribution in [0.1, 0.15) is 188 Å². The van der Waals surface area contributed by atoms with Crippen LogP contribution in [0.15, 0.2) is 121 Å². The summed E-state index contributed by atoms with van der Waals surface area (Å²) in [5, 5.41) is 28.7. The van der Waals surface area contributed by atoms with Crippen molar-refractivity contribution in [2.75, 3.05) is 11.9 Å². The summed E-state index contributed by atoms with van der Waals surface area (Å²) in [5.74, 6) is 12.3. The molecule has 74 heavy (non-hydrogen) atoms. The van der Waals surface area contributed by atoms with Gasteiger partial charge in [0.25, 0.3) is 5.91 Å². The predicted molar refractivity (Wildman–Crippen MR) is 301 cm³/mol. The van der Waals surface area contributed by atoms with E-state index in [9.17, 15) is 19.8 Å². The van der Waals surface area contributed by atoms with Gasteiger partial charge in [0.1, 0.15) is 24.6 Å². The van der Waals surface area contributed by atoms with Crippen molar-refractivity contribution in [2.24, 2.45) is 5.73 Å². The summed E-state index contributed by atoms with van der Waals surface area (Å²) in [6, 6.07) is 39.1. The highest BCUT2D eigenvalue weighted by molar-refractivity contribution is 5.94. The zero-order valence-electron chi connectivity index (χ0n) is 45.3. The molecule has 0 fully saturated rings. The molecule has 8 heteroatoms. The van der Waals surface area contributed by atoms with E-state index in [0.717, 1.165) is 64.9 Å². The van der Waals surface area contributed by atoms with Crippen molar-refractivity contribution < 1.29 is 24.5 Å². The number of aliphatic hydroxyl groups excluding tert-OH is 2. The van der Waals surface area contributed by atoms with Gasteiger partial charge in [-0.1, -0.05) is 151 Å². The lowest BCUT2D eigenvalue weighted by Gasteiger charge is -2.43. The molecule has 0 aliphatic heterocycles. The Morgan fingerprint density at radius 2 is 1.04 bits per heavy atom. The number of anilines is 1. The van der Waals surface area contributed by atoms with E-state index in [2.05, 4.69) is 170 Å². The Labute approximate surface area is 440 Å². The molecular formula is C66H75N3O5. The van der Waals surface area contributed by atoms with Gasteiger partial charge in [-0.05, 0) is 168 Å². The van der Waals surface area contributed by atoms with Gasteiger partial charge in [-0.25, -0.2) is 0 Å². The first kappa shape index (κ1) is 54.7. The van der Waals surface area contributed by atoms with Crippen molar-refractivity contribution in [3.8, 4) is 29.4 Å². The Hall–Kier alpha value is -7.10. The van der Waals surface area contributed by atoms with Crippen LogP contribution in [0.2, 0.25) is 0 Å². The minimum atomic E-state index is -0.967. The quantitative estimate of drug-likeness (QED) is 0.0821. The van der Waals surface area contributed by atoms with Crippen LogP contribution < -0.4 is 21.1 Å². The lowest BCUT2D eigenvalue weighted by atomic mass is 9.62. The number of hydrogen-bond donors (Lipinski definition) is 5. The average Bonchev–Trinajstić information content (AvgIpc) is 3.37. The number of fused-ring (bicyclic) bond motifs is 2. The highest BCUT2D eigenvalue weighted by Gasteiger charge is 2.41. The van der Waals surface area contributed by atoms with E-state index >= 15 is 0 Å². The zero-order chi connectivity index (χ0) is 53.6. The Morgan fingerprint density at radius 3 is 1.54 bits per heavy atom. The molecule has 6 aromatic rings. The van der Waals surface area contributed by atoms with Crippen LogP contribution >= 0.6 is 0 Å². The summed E-state index contributed by atoms with van der Waals surface area (Å²) >= 11 is 0. The normalized spacial score (nSPS) is 16.1. The largest absolute Gasteiger partial charge is 0.489 e. The zero-order valence-corrected chi connectivity index (χ0v) is 45.3. The van der Waals surface area contributed by atoms with Crippen LogP contribution in [-0.2, 0) is 34.8 Å². The fraction of sp³-hybridized carbons (Fsp3) is 0.364. The van der Waals surface area contributed by atoms with Crippen LogP contribution in [0, 0.1) is 37.5 Å². The van der Waals surface area contributed by atoms with E-state index in [1.807, 2.05) is 13.0 Å². The third kappa shape index (κ3) is 13.2. The molecule has 0 radical (unpaired) electrons. The molecule has 2 amide bonds. The second-order valence-electron chi connectivity index (χ2n) is 22.8. The van der Waals surface area contributed by atoms with Crippen molar-refractivity contribution in [1.82, 2.24) is 5.32 Å². The molecule has 0 heterocycles. The van der Waals surface area contributed by atoms with Crippen LogP contribution in [0.4, 0.5) is 5.69 Å². The first-order valence-corrected chi connectivity index (χ1v) is 26.0. The number of amides is 2. The van der Waals surface area contributed by atoms with Crippen LogP contribution in [0.3, 0.4) is 0 Å². The molecule has 8 nitrogen and oxygen atoms in total. The van der Waals surface area contributed by atoms with Crippen LogP contribution in [0.5, 0.6) is 5.75 Å². The Bertz CT molecular complexity index is 3100. The molecule has 2 aliphatic rings. The van der Waals surface area contributed by atoms with E-state index in [-0.39, 0.29) is 27.6 Å². The van der Waals surface area contributed by atoms with E-state index in [1.165, 1.54) is 38.9 Å². The smallest absolute Gasteiger partial charge is 0.251 e. The molecule has 0 aromatic heterocycles. The number of aliphatic hydroxyl groups is 2. The van der Waals surface area contributed by atoms with Crippen molar-refractivity contribution >= 4 is 17.5 Å². The van der Waals surface area contributed by atoms with Gasteiger partial charge in [0.15, 0.2) is 0 Å². The third-order valence-electron chi connectivity index (χ3n) is 15.0. The van der Waals surface area contributed by atoms with Gasteiger partial charge >= 0.3 is 0 Å². The minimum absolute atomic E-state index is 0.00110. The summed E-state index contributed by atoms with van der Waals surface area (Å²) < 4.78 is 6.47. The van der Waals surface area contributed by atoms with Gasteiger partial charge in [0, 0.05) is 46.6 Å². The Morgan fingerprint density at radius 1 is 0.595 bits per heavy atom. The van der Waals surface area contributed by atoms with Gasteiger partial charge in [-0.3, -0.25) is 9.59 Å². The predicted octanol–water partition coefficient (Wildman–Crippen LogP) is 12.9. The summed E-state index contributed by atoms with van der Waals surface area (Å²) in [5.41, 5.74) is 20.2. The number of aryl methyl sites for hydroxylation is 2. The van der Waals surface area contributed by atoms with E-state index < -0.39 is 18.1 Å². The first-order chi connectivity index (χ1) is 35.0. The number of primary amides is 1. The number of carbonyl (C=O) groups excluding carboxylic acids is 2. The van der Waals surface area contributed by atoms with Crippen molar-refractivity contribution in [3.05, 3.63) is 199 Å². The Kier molecular flexibility index (Phi) is 16.7. The van der Waals surface area contributed by atoms with Crippen molar-refractivity contribution in [3.63, 3.8) is 0 Å². The van der Waals surface area contributed by atoms with E-state index in [0.29, 0.717) is 30.8 Å². The molecule has 0 saturated heterocycles. The monoisotopic (exact) mass is 990 g/mol. The van der Waals surface area contributed by atoms with Gasteiger partial charge in [-0.2, -0.15) is 0 Å². The SMILES string of the molecule is CCNC(=O)c1ccc(C#CC(O)c2cc(OCc3ccc(C)cc3)c3c(c2)C(C)(C)CCC3(C)C)cc1.Cc1ccc(CNc2cc(C(O)C#Cc3ccc(C(N)=O)cc3)cc3c2C(C)(C)CCC3(C)C)cc1. The van der Waals surface area contributed by atoms with E-state index in [1.54, 1.807) is 48.5 Å². The van der Waals surface area contributed by atoms with Crippen LogP contribution in [-0.4, -0.2) is 28.6 Å². The highest BCUT2D eigenvalue weighted by Crippen LogP contribution is 2.51. The lowest BCUT2D eigenvalue weighted by molar-refractivity contribution is 0.0954. The molecule has 0 saturated carbocycles. The van der Waals surface area contributed by atoms with Gasteiger partial charge in [0.05, 0.1) is 0 Å². The number of rotatable bonds is 11. The minimum Gasteiger partial charge on any atom is -0.489 e. The molecule has 0 bridgehead atoms. The molecule has 0 spiro atoms. The Balaban J connectivity index is 0.000000217. The average molecular weight is 990 g/mol. The number of benzene rings is 6. The number of carbonyl (C=O) groups is 2. The fourth-order valence-electron chi connectivity index (χ4n) is 10.0. The summed E-state index contributed by atoms with van der Waals surface area (Å²) in [6.45, 7) is 26.1. The number of nitrogens with two attached hydrogens (primary N) is 1. The van der Waals surface area contributed by atoms with Gasteiger partial charge in [-0.15, -0.1) is 0 Å². The molecule has 6 N–H and O–H groups in total. The standard InChI is InChI=1S/C34H39NO3.C32H36N2O2/c1-7-35-32(37)26-15-12-24(13-16-26)14-17-29(36)27-20-28-31(34(5,6)19-18-33(28,3)4)30(21-27)38-22-25-10-8-23(2)9-11-25;1-21-6-8-23(9-7-21)20-34-27-19-25(18-26-29(27)32(4,5)17-16-31(26,2)3)28(35)15-12-22-10-13-24(14-11-22)30(33)36/h8-13,15-16,20-21,29,36H,7,18-19,22H2,1-6H3,(H,35,37);6-11,13-14,18-19,28,34-35H,16-17,20H2,1-5H3,(H2,33,36). The number of nitrogens with one attached hydrogen (secondary N) is 2. The molecule has 2 unspecified atom stereocenters. The molecule has 2 aliphatic carbocycles. The molecule has 384 valence electrons. The maximum absolute atomic E-state index is 12.0. The van der Waals surface area contributed by atoms with Gasteiger partial charge < -0.3 is 31.3 Å². The summed E-state index contributed by atoms with van der Waals surface area (Å²) in [4.78, 5) is 23.3. The number of hydrogen-bond acceptors (Lipinski definition) is 6. The molecule has 6 aromatic carbocycles. The number of ether oxygens (including phenoxy) is 1. The molecule has 8 rings (SSSR count). The second-order valence-corrected chi connectivity index (χ2v) is 22.8. The third-order valence-corrected chi connectivity index (χ3v) is 15.0. The van der Waals surface area contributed by atoms with Crippen molar-refractivity contribution in [2.45, 2.75) is 149 Å². The summed E-state index contributed by atoms with van der Waals surface area (Å²) in [6.07, 6.45) is 2.42. The lowest BCUT2D eigenvalue weighted by Crippen LogP contribution is -2.35. The molecular weight excluding hydrogens is 915 g/mol. The highest BCUT2D eigenvalue weighted by atomic mass is 16.5. The van der Waals surface area contributed by atoms with Crippen LogP contribution in [0.25, 0.3) is 0 Å². The topological polar surface area (TPSA) is 134 Å². The maximum atomic E-state index is 12.0. The van der Waals surface area contributed by atoms with Crippen molar-refractivity contribution in [1.29, 1.82) is 0 Å². The fourth-order valence-corrected chi connectivity index (χ4v) is 10.0. The summed E-state index contributed by atoms with van der Waals surface area (Å²) in [7, 11) is 0.